The van der Waals surface area contributed by atoms with Gasteiger partial charge in [-0.3, -0.25) is 4.79 Å². The molecule has 1 atom stereocenters. The van der Waals surface area contributed by atoms with Crippen LogP contribution < -0.4 is 5.32 Å². The second-order valence-corrected chi connectivity index (χ2v) is 4.19. The fourth-order valence-electron chi connectivity index (χ4n) is 1.24. The van der Waals surface area contributed by atoms with Crippen molar-refractivity contribution in [3.63, 3.8) is 0 Å². The van der Waals surface area contributed by atoms with Crippen molar-refractivity contribution in [1.29, 1.82) is 0 Å². The Morgan fingerprint density at radius 2 is 2.07 bits per heavy atom. The molecule has 0 bridgehead atoms. The molecule has 1 unspecified atom stereocenters. The van der Waals surface area contributed by atoms with Crippen LogP contribution in [0, 0.1) is 5.92 Å². The molecule has 0 aromatic rings. The molecule has 14 heavy (non-hydrogen) atoms. The summed E-state index contributed by atoms with van der Waals surface area (Å²) >= 11 is 0. The molecule has 1 saturated carbocycles. The van der Waals surface area contributed by atoms with E-state index >= 15 is 0 Å². The summed E-state index contributed by atoms with van der Waals surface area (Å²) in [5.41, 5.74) is -1.11. The van der Waals surface area contributed by atoms with Crippen LogP contribution in [0.3, 0.4) is 0 Å². The summed E-state index contributed by atoms with van der Waals surface area (Å²) in [7, 11) is 0. The molecule has 0 aromatic heterocycles. The summed E-state index contributed by atoms with van der Waals surface area (Å²) in [6.45, 7) is 3.30. The van der Waals surface area contributed by atoms with E-state index in [1.165, 1.54) is 0 Å². The van der Waals surface area contributed by atoms with E-state index in [9.17, 15) is 9.59 Å². The van der Waals surface area contributed by atoms with Crippen molar-refractivity contribution < 1.29 is 14.7 Å². The highest BCUT2D eigenvalue weighted by Crippen LogP contribution is 2.32. The minimum Gasteiger partial charge on any atom is -0.480 e. The Morgan fingerprint density at radius 1 is 1.50 bits per heavy atom. The molecule has 0 radical (unpaired) electrons. The summed E-state index contributed by atoms with van der Waals surface area (Å²) in [6, 6.07) is 0. The fourth-order valence-corrected chi connectivity index (χ4v) is 1.24. The highest BCUT2D eigenvalue weighted by atomic mass is 16.4. The van der Waals surface area contributed by atoms with Crippen molar-refractivity contribution in [2.45, 2.75) is 45.1 Å². The molecule has 1 aliphatic carbocycles. The van der Waals surface area contributed by atoms with Gasteiger partial charge in [0.1, 0.15) is 5.54 Å². The van der Waals surface area contributed by atoms with E-state index in [0.717, 1.165) is 12.8 Å². The first-order valence-corrected chi connectivity index (χ1v) is 5.02. The van der Waals surface area contributed by atoms with Crippen molar-refractivity contribution in [3.05, 3.63) is 0 Å². The first kappa shape index (κ1) is 11.0. The van der Waals surface area contributed by atoms with Gasteiger partial charge in [-0.1, -0.05) is 6.92 Å². The molecular formula is C10H17NO3. The maximum absolute atomic E-state index is 11.4. The predicted molar refractivity (Wildman–Crippen MR) is 51.8 cm³/mol. The molecule has 4 nitrogen and oxygen atoms in total. The van der Waals surface area contributed by atoms with Gasteiger partial charge in [0.05, 0.1) is 0 Å². The lowest BCUT2D eigenvalue weighted by Gasteiger charge is -2.24. The van der Waals surface area contributed by atoms with Gasteiger partial charge in [0, 0.05) is 6.42 Å². The minimum atomic E-state index is -1.11. The maximum atomic E-state index is 11.4. The van der Waals surface area contributed by atoms with E-state index in [1.807, 2.05) is 0 Å². The molecule has 1 amide bonds. The fraction of sp³-hybridized carbons (Fsp3) is 0.800. The van der Waals surface area contributed by atoms with Crippen LogP contribution in [0.5, 0.6) is 0 Å². The molecule has 0 spiro atoms. The van der Waals surface area contributed by atoms with E-state index in [1.54, 1.807) is 13.8 Å². The van der Waals surface area contributed by atoms with Crippen LogP contribution in [0.25, 0.3) is 0 Å². The molecule has 0 saturated heterocycles. The van der Waals surface area contributed by atoms with Crippen LogP contribution >= 0.6 is 0 Å². The van der Waals surface area contributed by atoms with Crippen LogP contribution in [0.15, 0.2) is 0 Å². The van der Waals surface area contributed by atoms with Crippen molar-refractivity contribution in [2.75, 3.05) is 0 Å². The van der Waals surface area contributed by atoms with E-state index in [0.29, 0.717) is 18.8 Å². The third-order valence-electron chi connectivity index (χ3n) is 2.77. The molecule has 4 heteroatoms. The summed E-state index contributed by atoms with van der Waals surface area (Å²) in [5.74, 6) is -0.617. The van der Waals surface area contributed by atoms with Gasteiger partial charge in [0.2, 0.25) is 5.91 Å². The van der Waals surface area contributed by atoms with E-state index in [4.69, 9.17) is 5.11 Å². The SMILES string of the molecule is CCC(C)(NC(=O)CC1CC1)C(=O)O. The number of hydrogen-bond acceptors (Lipinski definition) is 2. The number of rotatable bonds is 5. The van der Waals surface area contributed by atoms with Crippen molar-refractivity contribution >= 4 is 11.9 Å². The highest BCUT2D eigenvalue weighted by molar-refractivity contribution is 5.86. The number of hydrogen-bond donors (Lipinski definition) is 2. The van der Waals surface area contributed by atoms with E-state index in [2.05, 4.69) is 5.32 Å². The number of carboxylic acids is 1. The van der Waals surface area contributed by atoms with Crippen LogP contribution in [0.2, 0.25) is 0 Å². The molecule has 0 aliphatic heterocycles. The minimum absolute atomic E-state index is 0.140. The summed E-state index contributed by atoms with van der Waals surface area (Å²) < 4.78 is 0. The standard InChI is InChI=1S/C10H17NO3/c1-3-10(2,9(13)14)11-8(12)6-7-4-5-7/h7H,3-6H2,1-2H3,(H,11,12)(H,13,14). The van der Waals surface area contributed by atoms with Crippen LogP contribution in [-0.4, -0.2) is 22.5 Å². The lowest BCUT2D eigenvalue weighted by Crippen LogP contribution is -2.51. The average molecular weight is 199 g/mol. The van der Waals surface area contributed by atoms with Crippen LogP contribution in [0.1, 0.15) is 39.5 Å². The monoisotopic (exact) mass is 199 g/mol. The molecule has 2 N–H and O–H groups in total. The summed E-state index contributed by atoms with van der Waals surface area (Å²) in [4.78, 5) is 22.3. The zero-order valence-corrected chi connectivity index (χ0v) is 8.67. The van der Waals surface area contributed by atoms with Gasteiger partial charge >= 0.3 is 5.97 Å². The summed E-state index contributed by atoms with van der Waals surface area (Å²) in [6.07, 6.45) is 3.08. The first-order chi connectivity index (χ1) is 6.48. The number of nitrogens with one attached hydrogen (secondary N) is 1. The Morgan fingerprint density at radius 3 is 2.43 bits per heavy atom. The molecule has 0 aromatic carbocycles. The van der Waals surface area contributed by atoms with Gasteiger partial charge in [-0.25, -0.2) is 4.79 Å². The largest absolute Gasteiger partial charge is 0.480 e. The molecular weight excluding hydrogens is 182 g/mol. The second-order valence-electron chi connectivity index (χ2n) is 4.19. The Balaban J connectivity index is 2.45. The quantitative estimate of drug-likeness (QED) is 0.698. The lowest BCUT2D eigenvalue weighted by molar-refractivity contribution is -0.147. The van der Waals surface area contributed by atoms with Gasteiger partial charge in [0.15, 0.2) is 0 Å². The molecule has 80 valence electrons. The molecule has 0 heterocycles. The molecule has 1 rings (SSSR count). The first-order valence-electron chi connectivity index (χ1n) is 5.02. The third-order valence-corrected chi connectivity index (χ3v) is 2.77. The Hall–Kier alpha value is -1.06. The van der Waals surface area contributed by atoms with Crippen LogP contribution in [-0.2, 0) is 9.59 Å². The second kappa shape index (κ2) is 3.98. The Bertz CT molecular complexity index is 248. The number of aliphatic carboxylic acids is 1. The van der Waals surface area contributed by atoms with Crippen LogP contribution in [0.4, 0.5) is 0 Å². The van der Waals surface area contributed by atoms with Gasteiger partial charge < -0.3 is 10.4 Å². The third kappa shape index (κ3) is 2.72. The van der Waals surface area contributed by atoms with Gasteiger partial charge in [0.25, 0.3) is 0 Å². The van der Waals surface area contributed by atoms with Crippen molar-refractivity contribution in [1.82, 2.24) is 5.32 Å². The number of amides is 1. The normalized spacial score (nSPS) is 19.9. The summed E-state index contributed by atoms with van der Waals surface area (Å²) in [5, 5.41) is 11.5. The van der Waals surface area contributed by atoms with Crippen molar-refractivity contribution in [2.24, 2.45) is 5.92 Å². The van der Waals surface area contributed by atoms with Gasteiger partial charge in [-0.2, -0.15) is 0 Å². The topological polar surface area (TPSA) is 66.4 Å². The number of carbonyl (C=O) groups excluding carboxylic acids is 1. The van der Waals surface area contributed by atoms with Crippen molar-refractivity contribution in [3.8, 4) is 0 Å². The maximum Gasteiger partial charge on any atom is 0.329 e. The molecule has 1 aliphatic rings. The number of carbonyl (C=O) groups is 2. The highest BCUT2D eigenvalue weighted by Gasteiger charge is 2.34. The van der Waals surface area contributed by atoms with Gasteiger partial charge in [-0.15, -0.1) is 0 Å². The lowest BCUT2D eigenvalue weighted by atomic mass is 9.99. The van der Waals surface area contributed by atoms with E-state index in [-0.39, 0.29) is 5.91 Å². The molecule has 1 fully saturated rings. The number of carboxylic acid groups (broad SMARTS) is 1. The van der Waals surface area contributed by atoms with Gasteiger partial charge in [-0.05, 0) is 32.1 Å². The average Bonchev–Trinajstić information content (AvgIpc) is 2.87. The smallest absolute Gasteiger partial charge is 0.329 e. The van der Waals surface area contributed by atoms with E-state index < -0.39 is 11.5 Å². The Kier molecular flexibility index (Phi) is 3.13. The zero-order valence-electron chi connectivity index (χ0n) is 8.67. The predicted octanol–water partition coefficient (Wildman–Crippen LogP) is 1.16. The Labute approximate surface area is 83.7 Å². The zero-order chi connectivity index (χ0) is 10.8.